The summed E-state index contributed by atoms with van der Waals surface area (Å²) < 4.78 is 27.5. The first kappa shape index (κ1) is 20.0. The molecule has 0 aliphatic carbocycles. The molecule has 2 aromatic carbocycles. The lowest BCUT2D eigenvalue weighted by Gasteiger charge is -2.11. The van der Waals surface area contributed by atoms with Gasteiger partial charge in [-0.1, -0.05) is 36.8 Å². The maximum Gasteiger partial charge on any atom is 0.261 e. The Bertz CT molecular complexity index is 828. The van der Waals surface area contributed by atoms with E-state index in [2.05, 4.69) is 10.0 Å². The van der Waals surface area contributed by atoms with Crippen molar-refractivity contribution in [2.45, 2.75) is 51.0 Å². The lowest BCUT2D eigenvalue weighted by molar-refractivity contribution is -0.121. The second kappa shape index (κ2) is 8.85. The van der Waals surface area contributed by atoms with Gasteiger partial charge >= 0.3 is 0 Å². The van der Waals surface area contributed by atoms with E-state index in [9.17, 15) is 13.2 Å². The van der Waals surface area contributed by atoms with Gasteiger partial charge in [-0.15, -0.1) is 0 Å². The molecule has 2 aromatic rings. The van der Waals surface area contributed by atoms with Crippen LogP contribution in [-0.2, 0) is 21.2 Å². The highest BCUT2D eigenvalue weighted by molar-refractivity contribution is 7.92. The Balaban J connectivity index is 1.97. The fraction of sp³-hybridized carbons (Fsp3) is 0.350. The fourth-order valence-electron chi connectivity index (χ4n) is 2.38. The van der Waals surface area contributed by atoms with Crippen LogP contribution in [0.5, 0.6) is 0 Å². The molecule has 0 fully saturated rings. The number of nitrogens with one attached hydrogen (secondary N) is 2. The van der Waals surface area contributed by atoms with E-state index in [4.69, 9.17) is 0 Å². The van der Waals surface area contributed by atoms with E-state index < -0.39 is 10.0 Å². The molecule has 2 N–H and O–H groups in total. The van der Waals surface area contributed by atoms with Crippen LogP contribution in [-0.4, -0.2) is 20.4 Å². The molecule has 0 heterocycles. The van der Waals surface area contributed by atoms with Gasteiger partial charge in [-0.05, 0) is 56.5 Å². The second-order valence-corrected chi connectivity index (χ2v) is 8.17. The summed E-state index contributed by atoms with van der Waals surface area (Å²) >= 11 is 0. The minimum atomic E-state index is -3.62. The molecule has 0 saturated carbocycles. The largest absolute Gasteiger partial charge is 0.354 e. The maximum absolute atomic E-state index is 12.4. The number of hydrogen-bond donors (Lipinski definition) is 2. The van der Waals surface area contributed by atoms with Crippen LogP contribution in [0.2, 0.25) is 0 Å². The van der Waals surface area contributed by atoms with Crippen molar-refractivity contribution in [1.82, 2.24) is 5.32 Å². The predicted molar refractivity (Wildman–Crippen MR) is 105 cm³/mol. The first-order chi connectivity index (χ1) is 12.3. The van der Waals surface area contributed by atoms with Gasteiger partial charge in [-0.25, -0.2) is 8.42 Å². The minimum Gasteiger partial charge on any atom is -0.354 e. The molecule has 0 bridgehead atoms. The van der Waals surface area contributed by atoms with E-state index >= 15 is 0 Å². The molecule has 1 amide bonds. The van der Waals surface area contributed by atoms with E-state index in [1.165, 1.54) is 0 Å². The number of rotatable bonds is 8. The van der Waals surface area contributed by atoms with Crippen LogP contribution in [0.1, 0.15) is 37.8 Å². The van der Waals surface area contributed by atoms with Gasteiger partial charge in [0.2, 0.25) is 5.91 Å². The van der Waals surface area contributed by atoms with Gasteiger partial charge in [0.15, 0.2) is 0 Å². The molecule has 0 aliphatic rings. The lowest BCUT2D eigenvalue weighted by Crippen LogP contribution is -2.32. The Kier molecular flexibility index (Phi) is 6.80. The third-order valence-corrected chi connectivity index (χ3v) is 5.60. The van der Waals surface area contributed by atoms with Gasteiger partial charge in [0.25, 0.3) is 10.0 Å². The third kappa shape index (κ3) is 5.88. The molecule has 2 rings (SSSR count). The summed E-state index contributed by atoms with van der Waals surface area (Å²) in [6, 6.07) is 14.0. The Morgan fingerprint density at radius 2 is 1.65 bits per heavy atom. The van der Waals surface area contributed by atoms with Crippen LogP contribution in [0, 0.1) is 6.92 Å². The maximum atomic E-state index is 12.4. The summed E-state index contributed by atoms with van der Waals surface area (Å²) in [5, 5.41) is 2.92. The molecule has 0 spiro atoms. The summed E-state index contributed by atoms with van der Waals surface area (Å²) in [6.45, 7) is 5.94. The number of carbonyl (C=O) groups excluding carboxylic acids is 1. The molecule has 6 heteroatoms. The van der Waals surface area contributed by atoms with Crippen LogP contribution in [0.3, 0.4) is 0 Å². The number of benzene rings is 2. The Hall–Kier alpha value is -2.34. The highest BCUT2D eigenvalue weighted by atomic mass is 32.2. The van der Waals surface area contributed by atoms with Crippen molar-refractivity contribution in [3.8, 4) is 0 Å². The molecule has 5 nitrogen and oxygen atoms in total. The Morgan fingerprint density at radius 1 is 1.04 bits per heavy atom. The van der Waals surface area contributed by atoms with Crippen molar-refractivity contribution in [1.29, 1.82) is 0 Å². The first-order valence-electron chi connectivity index (χ1n) is 8.78. The normalized spacial score (nSPS) is 12.4. The standard InChI is InChI=1S/C20H26N2O3S/c1-4-16(3)21-20(23)14-9-17-7-12-19(13-8-17)26(24,25)22-18-10-5-15(2)6-11-18/h5-8,10-13,16,22H,4,9,14H2,1-3H3,(H,21,23)/t16-/m0/s1. The molecule has 1 atom stereocenters. The predicted octanol–water partition coefficient (Wildman–Crippen LogP) is 3.64. The molecule has 26 heavy (non-hydrogen) atoms. The van der Waals surface area contributed by atoms with Gasteiger partial charge in [-0.3, -0.25) is 9.52 Å². The number of aryl methyl sites for hydroxylation is 2. The molecule has 0 unspecified atom stereocenters. The smallest absolute Gasteiger partial charge is 0.261 e. The van der Waals surface area contributed by atoms with Gasteiger partial charge < -0.3 is 5.32 Å². The van der Waals surface area contributed by atoms with Crippen LogP contribution in [0.15, 0.2) is 53.4 Å². The molecule has 0 radical (unpaired) electrons. The number of carbonyl (C=O) groups is 1. The van der Waals surface area contributed by atoms with Crippen LogP contribution in [0.25, 0.3) is 0 Å². The van der Waals surface area contributed by atoms with Crippen molar-refractivity contribution >= 4 is 21.6 Å². The quantitative estimate of drug-likeness (QED) is 0.741. The highest BCUT2D eigenvalue weighted by Crippen LogP contribution is 2.17. The molecule has 0 saturated heterocycles. The number of hydrogen-bond acceptors (Lipinski definition) is 3. The van der Waals surface area contributed by atoms with Gasteiger partial charge in [-0.2, -0.15) is 0 Å². The zero-order valence-corrected chi connectivity index (χ0v) is 16.3. The third-order valence-electron chi connectivity index (χ3n) is 4.20. The molecular weight excluding hydrogens is 348 g/mol. The lowest BCUT2D eigenvalue weighted by atomic mass is 10.1. The first-order valence-corrected chi connectivity index (χ1v) is 10.3. The second-order valence-electron chi connectivity index (χ2n) is 6.49. The van der Waals surface area contributed by atoms with E-state index in [0.29, 0.717) is 18.5 Å². The fourth-order valence-corrected chi connectivity index (χ4v) is 3.44. The van der Waals surface area contributed by atoms with Crippen molar-refractivity contribution in [2.75, 3.05) is 4.72 Å². The van der Waals surface area contributed by atoms with Crippen LogP contribution < -0.4 is 10.0 Å². The SMILES string of the molecule is CC[C@H](C)NC(=O)CCc1ccc(S(=O)(=O)Nc2ccc(C)cc2)cc1. The number of anilines is 1. The van der Waals surface area contributed by atoms with Crippen LogP contribution in [0.4, 0.5) is 5.69 Å². The van der Waals surface area contributed by atoms with Gasteiger partial charge in [0.1, 0.15) is 0 Å². The average Bonchev–Trinajstić information content (AvgIpc) is 2.62. The monoisotopic (exact) mass is 374 g/mol. The summed E-state index contributed by atoms with van der Waals surface area (Å²) in [5.74, 6) is 0.0112. The van der Waals surface area contributed by atoms with Crippen molar-refractivity contribution in [2.24, 2.45) is 0 Å². The van der Waals surface area contributed by atoms with E-state index in [-0.39, 0.29) is 16.8 Å². The van der Waals surface area contributed by atoms with Crippen molar-refractivity contribution in [3.05, 3.63) is 59.7 Å². The summed E-state index contributed by atoms with van der Waals surface area (Å²) in [5.41, 5.74) is 2.52. The molecule has 0 aromatic heterocycles. The van der Waals surface area contributed by atoms with Crippen molar-refractivity contribution in [3.63, 3.8) is 0 Å². The van der Waals surface area contributed by atoms with Crippen LogP contribution >= 0.6 is 0 Å². The zero-order chi connectivity index (χ0) is 19.2. The van der Waals surface area contributed by atoms with E-state index in [1.807, 2.05) is 32.9 Å². The Labute approximate surface area is 155 Å². The topological polar surface area (TPSA) is 75.3 Å². The van der Waals surface area contributed by atoms with E-state index in [0.717, 1.165) is 17.5 Å². The highest BCUT2D eigenvalue weighted by Gasteiger charge is 2.14. The molecular formula is C20H26N2O3S. The van der Waals surface area contributed by atoms with Gasteiger partial charge in [0.05, 0.1) is 4.90 Å². The zero-order valence-electron chi connectivity index (χ0n) is 15.5. The number of sulfonamides is 1. The molecule has 0 aliphatic heterocycles. The van der Waals surface area contributed by atoms with Crippen molar-refractivity contribution < 1.29 is 13.2 Å². The summed E-state index contributed by atoms with van der Waals surface area (Å²) in [7, 11) is -3.62. The summed E-state index contributed by atoms with van der Waals surface area (Å²) in [6.07, 6.45) is 1.86. The van der Waals surface area contributed by atoms with Gasteiger partial charge in [0, 0.05) is 18.2 Å². The molecule has 140 valence electrons. The number of amides is 1. The average molecular weight is 375 g/mol. The van der Waals surface area contributed by atoms with E-state index in [1.54, 1.807) is 36.4 Å². The Morgan fingerprint density at radius 3 is 2.23 bits per heavy atom. The summed E-state index contributed by atoms with van der Waals surface area (Å²) in [4.78, 5) is 12.0. The minimum absolute atomic E-state index is 0.0112.